The van der Waals surface area contributed by atoms with Crippen LogP contribution in [0.5, 0.6) is 0 Å². The monoisotopic (exact) mass is 288 g/mol. The first-order valence-corrected chi connectivity index (χ1v) is 7.44. The number of imide groups is 2. The van der Waals surface area contributed by atoms with Gasteiger partial charge in [-0.25, -0.2) is 0 Å². The molecule has 3 aliphatic heterocycles. The molecule has 4 aliphatic carbocycles. The molecule has 7 heteroatoms. The van der Waals surface area contributed by atoms with E-state index >= 15 is 0 Å². The molecule has 2 bridgehead atoms. The lowest BCUT2D eigenvalue weighted by molar-refractivity contribution is -0.182. The van der Waals surface area contributed by atoms with Crippen molar-refractivity contribution in [3.8, 4) is 0 Å². The molecule has 0 aromatic heterocycles. The highest BCUT2D eigenvalue weighted by atomic mass is 16.6. The van der Waals surface area contributed by atoms with E-state index in [1.807, 2.05) is 0 Å². The number of ether oxygens (including phenoxy) is 1. The summed E-state index contributed by atoms with van der Waals surface area (Å²) in [5.74, 6) is -2.35. The van der Waals surface area contributed by atoms with Crippen molar-refractivity contribution in [3.63, 3.8) is 0 Å². The third-order valence-electron chi connectivity index (χ3n) is 6.79. The van der Waals surface area contributed by atoms with E-state index in [0.29, 0.717) is 0 Å². The Morgan fingerprint density at radius 3 is 1.29 bits per heavy atom. The topological polar surface area (TPSA) is 105 Å². The number of rotatable bonds is 0. The van der Waals surface area contributed by atoms with Crippen LogP contribution in [0, 0.1) is 47.3 Å². The second-order valence-electron chi connectivity index (χ2n) is 7.18. The number of amides is 4. The molecule has 4 saturated carbocycles. The minimum atomic E-state index is -0.364. The van der Waals surface area contributed by atoms with Gasteiger partial charge in [-0.15, -0.1) is 0 Å². The predicted octanol–water partition coefficient (Wildman–Crippen LogP) is -1.96. The van der Waals surface area contributed by atoms with Crippen molar-refractivity contribution in [3.05, 3.63) is 0 Å². The van der Waals surface area contributed by atoms with Crippen LogP contribution in [-0.2, 0) is 23.9 Å². The fourth-order valence-electron chi connectivity index (χ4n) is 6.29. The normalized spacial score (nSPS) is 61.3. The van der Waals surface area contributed by atoms with Gasteiger partial charge in [0.05, 0.1) is 35.9 Å². The van der Waals surface area contributed by atoms with Crippen molar-refractivity contribution >= 4 is 23.6 Å². The van der Waals surface area contributed by atoms with Gasteiger partial charge in [-0.3, -0.25) is 29.8 Å². The van der Waals surface area contributed by atoms with Crippen LogP contribution >= 0.6 is 0 Å². The van der Waals surface area contributed by atoms with Crippen LogP contribution < -0.4 is 10.6 Å². The molecule has 3 saturated heterocycles. The Hall–Kier alpha value is -1.76. The Balaban J connectivity index is 1.52. The second-order valence-corrected chi connectivity index (χ2v) is 7.18. The summed E-state index contributed by atoms with van der Waals surface area (Å²) in [5, 5.41) is 4.86. The number of nitrogens with one attached hydrogen (secondary N) is 2. The lowest BCUT2D eigenvalue weighted by Gasteiger charge is -2.61. The molecule has 7 fully saturated rings. The number of hydrogen-bond acceptors (Lipinski definition) is 5. The number of epoxide rings is 1. The molecule has 7 aliphatic rings. The average molecular weight is 288 g/mol. The molecule has 0 aromatic rings. The van der Waals surface area contributed by atoms with E-state index in [0.717, 1.165) is 0 Å². The molecular weight excluding hydrogens is 276 g/mol. The van der Waals surface area contributed by atoms with Gasteiger partial charge in [0.1, 0.15) is 0 Å². The summed E-state index contributed by atoms with van der Waals surface area (Å²) in [5.41, 5.74) is 0. The van der Waals surface area contributed by atoms with Gasteiger partial charge >= 0.3 is 0 Å². The Morgan fingerprint density at radius 2 is 0.905 bits per heavy atom. The molecule has 0 unspecified atom stereocenters. The molecule has 3 heterocycles. The van der Waals surface area contributed by atoms with Gasteiger partial charge in [0, 0.05) is 11.8 Å². The fraction of sp³-hybridized carbons (Fsp3) is 0.714. The van der Waals surface area contributed by atoms with E-state index in [2.05, 4.69) is 10.6 Å². The number of carbonyl (C=O) groups excluding carboxylic acids is 4. The van der Waals surface area contributed by atoms with Crippen molar-refractivity contribution in [1.82, 2.24) is 10.6 Å². The summed E-state index contributed by atoms with van der Waals surface area (Å²) >= 11 is 0. The van der Waals surface area contributed by atoms with Gasteiger partial charge < -0.3 is 4.74 Å². The standard InChI is InChI=1S/C14H12N2O5/c17-11-5-1-2(6(5)12(18)15-11)4-8-7(13(19)16-14(8)20)3(1)9-10(4)21-9/h1-10H,(H,15,17,18)(H,16,19,20)/t1-,2+,3-,4-,5-,6-,7-,8-,9-,10-/m1/s1. The Bertz CT molecular complexity index is 620. The van der Waals surface area contributed by atoms with Crippen molar-refractivity contribution in [2.75, 3.05) is 0 Å². The molecule has 0 spiro atoms. The van der Waals surface area contributed by atoms with Gasteiger partial charge in [-0.1, -0.05) is 0 Å². The van der Waals surface area contributed by atoms with Gasteiger partial charge in [0.2, 0.25) is 23.6 Å². The highest BCUT2D eigenvalue weighted by Gasteiger charge is 2.81. The molecule has 10 atom stereocenters. The summed E-state index contributed by atoms with van der Waals surface area (Å²) in [6, 6.07) is 0. The van der Waals surface area contributed by atoms with Crippen LogP contribution in [0.15, 0.2) is 0 Å². The minimum absolute atomic E-state index is 0.00129. The van der Waals surface area contributed by atoms with Crippen molar-refractivity contribution in [1.29, 1.82) is 0 Å². The summed E-state index contributed by atoms with van der Waals surface area (Å²) in [4.78, 5) is 48.3. The lowest BCUT2D eigenvalue weighted by Crippen LogP contribution is -2.67. The largest absolute Gasteiger partial charge is 0.369 e. The molecule has 0 radical (unpaired) electrons. The van der Waals surface area contributed by atoms with Crippen molar-refractivity contribution in [2.45, 2.75) is 12.2 Å². The highest BCUT2D eigenvalue weighted by Crippen LogP contribution is 2.72. The van der Waals surface area contributed by atoms with Crippen LogP contribution in [0.4, 0.5) is 0 Å². The first-order valence-electron chi connectivity index (χ1n) is 7.44. The second kappa shape index (κ2) is 2.90. The van der Waals surface area contributed by atoms with Crippen LogP contribution in [0.3, 0.4) is 0 Å². The molecule has 7 nitrogen and oxygen atoms in total. The summed E-state index contributed by atoms with van der Waals surface area (Å²) in [6.07, 6.45) is -0.00259. The number of fused-ring (bicyclic) bond motifs is 1. The van der Waals surface area contributed by atoms with Gasteiger partial charge in [0.25, 0.3) is 0 Å². The van der Waals surface area contributed by atoms with Crippen LogP contribution in [0.2, 0.25) is 0 Å². The zero-order valence-electron chi connectivity index (χ0n) is 10.8. The van der Waals surface area contributed by atoms with E-state index in [4.69, 9.17) is 4.74 Å². The third-order valence-corrected chi connectivity index (χ3v) is 6.79. The van der Waals surface area contributed by atoms with E-state index in [1.165, 1.54) is 0 Å². The average Bonchev–Trinajstić information content (AvgIpc) is 3.07. The zero-order chi connectivity index (χ0) is 14.2. The maximum Gasteiger partial charge on any atom is 0.230 e. The first-order chi connectivity index (χ1) is 10.1. The summed E-state index contributed by atoms with van der Waals surface area (Å²) in [7, 11) is 0. The minimum Gasteiger partial charge on any atom is -0.369 e. The summed E-state index contributed by atoms with van der Waals surface area (Å²) < 4.78 is 5.74. The Labute approximate surface area is 118 Å². The molecular formula is C14H12N2O5. The first kappa shape index (κ1) is 10.9. The maximum absolute atomic E-state index is 12.1. The van der Waals surface area contributed by atoms with Gasteiger partial charge in [-0.05, 0) is 11.8 Å². The highest BCUT2D eigenvalue weighted by molar-refractivity contribution is 6.09. The summed E-state index contributed by atoms with van der Waals surface area (Å²) in [6.45, 7) is 0. The van der Waals surface area contributed by atoms with E-state index in [1.54, 1.807) is 0 Å². The quantitative estimate of drug-likeness (QED) is 0.398. The number of hydrogen-bond donors (Lipinski definition) is 2. The van der Waals surface area contributed by atoms with E-state index in [9.17, 15) is 19.2 Å². The molecule has 7 rings (SSSR count). The Kier molecular flexibility index (Phi) is 1.50. The molecule has 4 amide bonds. The van der Waals surface area contributed by atoms with Crippen molar-refractivity contribution in [2.24, 2.45) is 47.3 Å². The van der Waals surface area contributed by atoms with Gasteiger partial charge in [0.15, 0.2) is 0 Å². The lowest BCUT2D eigenvalue weighted by atomic mass is 9.38. The van der Waals surface area contributed by atoms with Crippen LogP contribution in [-0.4, -0.2) is 35.8 Å². The Morgan fingerprint density at radius 1 is 0.571 bits per heavy atom. The fourth-order valence-corrected chi connectivity index (χ4v) is 6.29. The van der Waals surface area contributed by atoms with E-state index < -0.39 is 0 Å². The SMILES string of the molecule is O=C1NC(=O)[C@H]2[C@H]1[C@@H]1[C@H]2[C@H]2[C@H]3O[C@@H]3[C@H]1[C@H]1C(=O)NC(=O)[C@@H]12. The van der Waals surface area contributed by atoms with Crippen LogP contribution in [0.25, 0.3) is 0 Å². The molecule has 2 N–H and O–H groups in total. The zero-order valence-corrected chi connectivity index (χ0v) is 10.8. The van der Waals surface area contributed by atoms with Crippen molar-refractivity contribution < 1.29 is 23.9 Å². The van der Waals surface area contributed by atoms with Crippen LogP contribution in [0.1, 0.15) is 0 Å². The predicted molar refractivity (Wildman–Crippen MR) is 62.9 cm³/mol. The maximum atomic E-state index is 12.1. The number of carbonyl (C=O) groups is 4. The van der Waals surface area contributed by atoms with Gasteiger partial charge in [-0.2, -0.15) is 0 Å². The molecule has 21 heavy (non-hydrogen) atoms. The third kappa shape index (κ3) is 0.922. The van der Waals surface area contributed by atoms with E-state index in [-0.39, 0.29) is 83.2 Å². The molecule has 108 valence electrons. The molecule has 0 aromatic carbocycles. The smallest absolute Gasteiger partial charge is 0.230 e.